The van der Waals surface area contributed by atoms with Crippen LogP contribution in [0.4, 0.5) is 0 Å². The average Bonchev–Trinajstić information content (AvgIpc) is 3.15. The second-order valence-electron chi connectivity index (χ2n) is 11.7. The average molecular weight is 515 g/mol. The number of hydrogen-bond acceptors (Lipinski definition) is 3. The van der Waals surface area contributed by atoms with Gasteiger partial charge in [0.1, 0.15) is 0 Å². The zero-order valence-electron chi connectivity index (χ0n) is 20.7. The van der Waals surface area contributed by atoms with E-state index in [1.807, 2.05) is 6.08 Å². The van der Waals surface area contributed by atoms with E-state index in [1.54, 1.807) is 11.1 Å². The molecule has 0 amide bonds. The molecule has 1 aromatic rings. The van der Waals surface area contributed by atoms with Crippen LogP contribution in [0.1, 0.15) is 87.0 Å². The van der Waals surface area contributed by atoms with Gasteiger partial charge in [-0.15, -0.1) is 0 Å². The predicted molar refractivity (Wildman–Crippen MR) is 138 cm³/mol. The van der Waals surface area contributed by atoms with Crippen LogP contribution in [0, 0.1) is 24.2 Å². The van der Waals surface area contributed by atoms with Gasteiger partial charge in [0.05, 0.1) is 6.10 Å². The maximum absolute atomic E-state index is 12.1. The van der Waals surface area contributed by atoms with E-state index < -0.39 is 0 Å². The standard InChI is InChI=1S/C29H40BrNO2/c1-17-13-27(33)28(31(16-17)12-11-30)19(3)22-7-8-23-24-6-5-20-14-21(32)9-10-29(20,4)26(24)15-25(23)18(22)2/h7-8,14,17,19,24,26-28,33H,5-6,9-13,15-16H2,1-4H3/t17-,19-,24-,26-,27+,28-,29-/m0/s1. The van der Waals surface area contributed by atoms with E-state index >= 15 is 0 Å². The van der Waals surface area contributed by atoms with Crippen LogP contribution in [0.3, 0.4) is 0 Å². The van der Waals surface area contributed by atoms with Gasteiger partial charge < -0.3 is 5.11 Å². The molecule has 1 aromatic carbocycles. The largest absolute Gasteiger partial charge is 0.391 e. The molecule has 33 heavy (non-hydrogen) atoms. The molecular weight excluding hydrogens is 474 g/mol. The molecule has 5 rings (SSSR count). The molecule has 0 unspecified atom stereocenters. The van der Waals surface area contributed by atoms with Gasteiger partial charge in [0.25, 0.3) is 0 Å². The van der Waals surface area contributed by atoms with Gasteiger partial charge in [-0.25, -0.2) is 0 Å². The third-order valence-electron chi connectivity index (χ3n) is 9.87. The molecule has 1 N–H and O–H groups in total. The van der Waals surface area contributed by atoms with E-state index in [1.165, 1.54) is 23.1 Å². The zero-order valence-corrected chi connectivity index (χ0v) is 22.3. The van der Waals surface area contributed by atoms with Gasteiger partial charge >= 0.3 is 0 Å². The Hall–Kier alpha value is -0.970. The van der Waals surface area contributed by atoms with Crippen molar-refractivity contribution in [3.05, 3.63) is 46.0 Å². The van der Waals surface area contributed by atoms with Crippen molar-refractivity contribution in [3.8, 4) is 0 Å². The van der Waals surface area contributed by atoms with E-state index in [9.17, 15) is 9.90 Å². The first-order chi connectivity index (χ1) is 15.7. The molecule has 4 aliphatic rings. The summed E-state index contributed by atoms with van der Waals surface area (Å²) < 4.78 is 0. The van der Waals surface area contributed by atoms with Crippen LogP contribution in [-0.2, 0) is 11.2 Å². The number of aliphatic hydroxyl groups is 1. The molecule has 7 atom stereocenters. The first-order valence-electron chi connectivity index (χ1n) is 13.1. The van der Waals surface area contributed by atoms with Gasteiger partial charge in [-0.1, -0.05) is 54.4 Å². The third kappa shape index (κ3) is 3.89. The second kappa shape index (κ2) is 8.91. The molecule has 0 spiro atoms. The monoisotopic (exact) mass is 513 g/mol. The van der Waals surface area contributed by atoms with Crippen molar-refractivity contribution in [2.75, 3.05) is 18.4 Å². The number of aliphatic hydroxyl groups excluding tert-OH is 1. The summed E-state index contributed by atoms with van der Waals surface area (Å²) in [5, 5.41) is 12.1. The fourth-order valence-corrected chi connectivity index (χ4v) is 8.61. The zero-order chi connectivity index (χ0) is 23.5. The quantitative estimate of drug-likeness (QED) is 0.508. The summed E-state index contributed by atoms with van der Waals surface area (Å²) in [4.78, 5) is 14.6. The first kappa shape index (κ1) is 23.8. The van der Waals surface area contributed by atoms with E-state index in [0.717, 1.165) is 44.1 Å². The molecular formula is C29H40BrNO2. The number of likely N-dealkylation sites (tertiary alicyclic amines) is 1. The van der Waals surface area contributed by atoms with Crippen molar-refractivity contribution in [2.45, 2.75) is 90.2 Å². The Bertz CT molecular complexity index is 971. The van der Waals surface area contributed by atoms with Gasteiger partial charge in [-0.05, 0) is 96.4 Å². The van der Waals surface area contributed by atoms with E-state index in [0.29, 0.717) is 35.9 Å². The van der Waals surface area contributed by atoms with Crippen LogP contribution in [0.15, 0.2) is 23.8 Å². The molecule has 4 heteroatoms. The third-order valence-corrected chi connectivity index (χ3v) is 10.2. The first-order valence-corrected chi connectivity index (χ1v) is 14.2. The molecule has 1 saturated heterocycles. The van der Waals surface area contributed by atoms with Crippen molar-refractivity contribution in [2.24, 2.45) is 17.3 Å². The number of allylic oxidation sites excluding steroid dienone is 2. The van der Waals surface area contributed by atoms with Crippen LogP contribution in [-0.4, -0.2) is 46.4 Å². The second-order valence-corrected chi connectivity index (χ2v) is 12.5. The molecule has 0 radical (unpaired) electrons. The Labute approximate surface area is 208 Å². The van der Waals surface area contributed by atoms with Gasteiger partial charge in [-0.3, -0.25) is 9.69 Å². The number of benzene rings is 1. The molecule has 0 bridgehead atoms. The van der Waals surface area contributed by atoms with Gasteiger partial charge in [0, 0.05) is 30.9 Å². The number of ketones is 1. The summed E-state index contributed by atoms with van der Waals surface area (Å²) in [5.41, 5.74) is 7.62. The number of hydrogen-bond donors (Lipinski definition) is 1. The molecule has 1 saturated carbocycles. The topological polar surface area (TPSA) is 40.5 Å². The molecule has 3 aliphatic carbocycles. The van der Waals surface area contributed by atoms with Gasteiger partial charge in [-0.2, -0.15) is 0 Å². The molecule has 0 aromatic heterocycles. The maximum Gasteiger partial charge on any atom is 0.155 e. The Kier molecular flexibility index (Phi) is 6.42. The van der Waals surface area contributed by atoms with Crippen LogP contribution >= 0.6 is 15.9 Å². The number of carbonyl (C=O) groups excluding carboxylic acids is 1. The highest BCUT2D eigenvalue weighted by molar-refractivity contribution is 9.09. The Balaban J connectivity index is 1.46. The normalized spacial score (nSPS) is 37.2. The highest BCUT2D eigenvalue weighted by atomic mass is 79.9. The minimum atomic E-state index is -0.274. The van der Waals surface area contributed by atoms with E-state index in [4.69, 9.17) is 0 Å². The number of alkyl halides is 1. The predicted octanol–water partition coefficient (Wildman–Crippen LogP) is 5.91. The highest BCUT2D eigenvalue weighted by Crippen LogP contribution is 2.60. The maximum atomic E-state index is 12.1. The van der Waals surface area contributed by atoms with Crippen molar-refractivity contribution in [1.82, 2.24) is 4.90 Å². The number of piperidine rings is 1. The van der Waals surface area contributed by atoms with Gasteiger partial charge in [0.2, 0.25) is 0 Å². The summed E-state index contributed by atoms with van der Waals surface area (Å²) in [6, 6.07) is 4.99. The van der Waals surface area contributed by atoms with Crippen LogP contribution < -0.4 is 0 Å². The van der Waals surface area contributed by atoms with Crippen molar-refractivity contribution in [3.63, 3.8) is 0 Å². The lowest BCUT2D eigenvalue weighted by Gasteiger charge is -2.47. The van der Waals surface area contributed by atoms with Crippen molar-refractivity contribution < 1.29 is 9.90 Å². The number of rotatable bonds is 4. The van der Waals surface area contributed by atoms with E-state index in [-0.39, 0.29) is 17.6 Å². The smallest absolute Gasteiger partial charge is 0.155 e. The molecule has 3 nitrogen and oxygen atoms in total. The SMILES string of the molecule is Cc1c([C@H](C)[C@H]2[C@H](O)C[C@H](C)CN2CCBr)ccc2c1C[C@H]1[C@H]2CCC2=CC(=O)CC[C@@]21C. The number of fused-ring (bicyclic) bond motifs is 5. The Morgan fingerprint density at radius 3 is 2.85 bits per heavy atom. The fourth-order valence-electron chi connectivity index (χ4n) is 8.15. The van der Waals surface area contributed by atoms with E-state index in [2.05, 4.69) is 60.7 Å². The Morgan fingerprint density at radius 1 is 1.30 bits per heavy atom. The summed E-state index contributed by atoms with van der Waals surface area (Å²) >= 11 is 3.64. The summed E-state index contributed by atoms with van der Waals surface area (Å²) in [7, 11) is 0. The lowest BCUT2D eigenvalue weighted by molar-refractivity contribution is -0.116. The summed E-state index contributed by atoms with van der Waals surface area (Å²) in [6.45, 7) is 11.4. The minimum absolute atomic E-state index is 0.176. The number of nitrogens with zero attached hydrogens (tertiary/aromatic N) is 1. The molecule has 180 valence electrons. The molecule has 2 fully saturated rings. The summed E-state index contributed by atoms with van der Waals surface area (Å²) in [5.74, 6) is 2.42. The van der Waals surface area contributed by atoms with Crippen molar-refractivity contribution >= 4 is 21.7 Å². The highest BCUT2D eigenvalue weighted by Gasteiger charge is 2.50. The van der Waals surface area contributed by atoms with Gasteiger partial charge in [0.15, 0.2) is 5.78 Å². The lowest BCUT2D eigenvalue weighted by atomic mass is 9.57. The summed E-state index contributed by atoms with van der Waals surface area (Å²) in [6.07, 6.45) is 7.74. The lowest BCUT2D eigenvalue weighted by Crippen LogP contribution is -2.54. The minimum Gasteiger partial charge on any atom is -0.391 e. The van der Waals surface area contributed by atoms with Crippen LogP contribution in [0.5, 0.6) is 0 Å². The number of halogens is 1. The van der Waals surface area contributed by atoms with Crippen molar-refractivity contribution in [1.29, 1.82) is 0 Å². The molecule has 1 heterocycles. The van der Waals surface area contributed by atoms with Crippen LogP contribution in [0.2, 0.25) is 0 Å². The number of carbonyl (C=O) groups is 1. The Morgan fingerprint density at radius 2 is 2.09 bits per heavy atom. The molecule has 1 aliphatic heterocycles. The fraction of sp³-hybridized carbons (Fsp3) is 0.690. The van der Waals surface area contributed by atoms with Crippen LogP contribution in [0.25, 0.3) is 0 Å².